The Morgan fingerprint density at radius 1 is 1.32 bits per heavy atom. The van der Waals surface area contributed by atoms with Gasteiger partial charge in [0.15, 0.2) is 0 Å². The molecule has 7 nitrogen and oxygen atoms in total. The first-order chi connectivity index (χ1) is 12.3. The van der Waals surface area contributed by atoms with Gasteiger partial charge in [-0.25, -0.2) is 0 Å². The molecule has 0 spiro atoms. The molecule has 0 radical (unpaired) electrons. The average molecular weight is 339 g/mol. The lowest BCUT2D eigenvalue weighted by molar-refractivity contribution is 0.0709. The summed E-state index contributed by atoms with van der Waals surface area (Å²) in [5.74, 6) is 1.48. The molecular weight excluding hydrogens is 322 g/mol. The van der Waals surface area contributed by atoms with Crippen molar-refractivity contribution in [2.45, 2.75) is 18.9 Å². The lowest BCUT2D eigenvalue weighted by Crippen LogP contribution is -2.30. The van der Waals surface area contributed by atoms with Crippen LogP contribution < -0.4 is 4.74 Å². The van der Waals surface area contributed by atoms with Gasteiger partial charge in [0.2, 0.25) is 11.7 Å². The smallest absolute Gasteiger partial charge is 0.257 e. The van der Waals surface area contributed by atoms with Gasteiger partial charge >= 0.3 is 0 Å². The van der Waals surface area contributed by atoms with Gasteiger partial charge in [-0.2, -0.15) is 4.98 Å². The molecule has 1 aliphatic rings. The van der Waals surface area contributed by atoms with Crippen molar-refractivity contribution in [3.8, 4) is 17.1 Å². The Morgan fingerprint density at radius 2 is 2.20 bits per heavy atom. The maximum Gasteiger partial charge on any atom is 0.257 e. The Bertz CT molecular complexity index is 872. The Morgan fingerprint density at radius 3 is 3.00 bits per heavy atom. The number of para-hydroxylation sites is 1. The number of carbonyl (C=O) groups is 1. The topological polar surface area (TPSA) is 81.6 Å². The average Bonchev–Trinajstić information content (AvgIpc) is 3.41. The number of methoxy groups -OCH3 is 1. The standard InChI is InChI=1S/C18H17N3O4/c1-23-15-7-3-2-5-13(15)16-19-17(25-20-16)14-6-4-9-21(14)18(22)12-8-10-24-11-12/h2-3,5,7-8,10-11,14H,4,6,9H2,1H3/t14-/m0/s1. The summed E-state index contributed by atoms with van der Waals surface area (Å²) < 4.78 is 15.8. The van der Waals surface area contributed by atoms with Crippen molar-refractivity contribution < 1.29 is 18.5 Å². The summed E-state index contributed by atoms with van der Waals surface area (Å²) in [5, 5.41) is 4.07. The zero-order chi connectivity index (χ0) is 17.2. The molecule has 3 heterocycles. The predicted octanol–water partition coefficient (Wildman–Crippen LogP) is 3.32. The molecule has 1 aromatic carbocycles. The zero-order valence-corrected chi connectivity index (χ0v) is 13.7. The van der Waals surface area contributed by atoms with Crippen molar-refractivity contribution in [1.82, 2.24) is 15.0 Å². The van der Waals surface area contributed by atoms with Crippen molar-refractivity contribution in [2.75, 3.05) is 13.7 Å². The van der Waals surface area contributed by atoms with Gasteiger partial charge in [-0.3, -0.25) is 4.79 Å². The van der Waals surface area contributed by atoms with Gasteiger partial charge < -0.3 is 18.6 Å². The highest BCUT2D eigenvalue weighted by Crippen LogP contribution is 2.34. The van der Waals surface area contributed by atoms with Crippen molar-refractivity contribution in [3.05, 3.63) is 54.3 Å². The van der Waals surface area contributed by atoms with Crippen LogP contribution in [0.5, 0.6) is 5.75 Å². The number of rotatable bonds is 4. The minimum Gasteiger partial charge on any atom is -0.496 e. The van der Waals surface area contributed by atoms with Crippen LogP contribution in [0, 0.1) is 0 Å². The minimum absolute atomic E-state index is 0.0895. The summed E-state index contributed by atoms with van der Waals surface area (Å²) in [6.45, 7) is 0.654. The molecule has 4 rings (SSSR count). The zero-order valence-electron chi connectivity index (χ0n) is 13.7. The van der Waals surface area contributed by atoms with E-state index in [2.05, 4.69) is 10.1 Å². The van der Waals surface area contributed by atoms with Crippen molar-refractivity contribution in [2.24, 2.45) is 0 Å². The van der Waals surface area contributed by atoms with Gasteiger partial charge in [-0.1, -0.05) is 17.3 Å². The second kappa shape index (κ2) is 6.43. The molecule has 2 aromatic heterocycles. The van der Waals surface area contributed by atoms with Gasteiger partial charge in [-0.15, -0.1) is 0 Å². The second-order valence-corrected chi connectivity index (χ2v) is 5.83. The molecule has 0 saturated carbocycles. The van der Waals surface area contributed by atoms with Crippen LogP contribution >= 0.6 is 0 Å². The first-order valence-corrected chi connectivity index (χ1v) is 8.08. The third-order valence-corrected chi connectivity index (χ3v) is 4.36. The van der Waals surface area contributed by atoms with Crippen LogP contribution in [0.1, 0.15) is 35.1 Å². The largest absolute Gasteiger partial charge is 0.496 e. The maximum absolute atomic E-state index is 12.6. The second-order valence-electron chi connectivity index (χ2n) is 5.83. The van der Waals surface area contributed by atoms with Crippen LogP contribution in [-0.2, 0) is 0 Å². The fraction of sp³-hybridized carbons (Fsp3) is 0.278. The summed E-state index contributed by atoms with van der Waals surface area (Å²) >= 11 is 0. The highest BCUT2D eigenvalue weighted by atomic mass is 16.5. The number of carbonyl (C=O) groups excluding carboxylic acids is 1. The first kappa shape index (κ1) is 15.4. The van der Waals surface area contributed by atoms with Crippen LogP contribution in [-0.4, -0.2) is 34.6 Å². The van der Waals surface area contributed by atoms with E-state index < -0.39 is 0 Å². The lowest BCUT2D eigenvalue weighted by atomic mass is 10.2. The molecular formula is C18H17N3O4. The molecule has 0 unspecified atom stereocenters. The van der Waals surface area contributed by atoms with E-state index in [9.17, 15) is 4.79 Å². The van der Waals surface area contributed by atoms with E-state index in [1.165, 1.54) is 12.5 Å². The number of furan rings is 1. The van der Waals surface area contributed by atoms with Gasteiger partial charge in [0.1, 0.15) is 18.1 Å². The van der Waals surface area contributed by atoms with Crippen LogP contribution in [0.15, 0.2) is 51.8 Å². The summed E-state index contributed by atoms with van der Waals surface area (Å²) in [7, 11) is 1.60. The normalized spacial score (nSPS) is 17.0. The van der Waals surface area contributed by atoms with Crippen molar-refractivity contribution >= 4 is 5.91 Å². The Kier molecular flexibility index (Phi) is 3.97. The SMILES string of the molecule is COc1ccccc1-c1noc([C@@H]2CCCN2C(=O)c2ccoc2)n1. The quantitative estimate of drug-likeness (QED) is 0.725. The molecule has 1 saturated heterocycles. The number of benzene rings is 1. The number of hydrogen-bond donors (Lipinski definition) is 0. The Balaban J connectivity index is 1.62. The van der Waals surface area contributed by atoms with E-state index in [-0.39, 0.29) is 11.9 Å². The fourth-order valence-electron chi connectivity index (χ4n) is 3.13. The van der Waals surface area contributed by atoms with Gasteiger partial charge in [-0.05, 0) is 31.0 Å². The number of ether oxygens (including phenoxy) is 1. The first-order valence-electron chi connectivity index (χ1n) is 8.08. The molecule has 3 aromatic rings. The lowest BCUT2D eigenvalue weighted by Gasteiger charge is -2.20. The summed E-state index contributed by atoms with van der Waals surface area (Å²) in [6.07, 6.45) is 4.62. The van der Waals surface area contributed by atoms with E-state index in [4.69, 9.17) is 13.7 Å². The monoisotopic (exact) mass is 339 g/mol. The van der Waals surface area contributed by atoms with E-state index in [1.807, 2.05) is 24.3 Å². The number of likely N-dealkylation sites (tertiary alicyclic amines) is 1. The number of aromatic nitrogens is 2. The number of hydrogen-bond acceptors (Lipinski definition) is 6. The Labute approximate surface area is 144 Å². The number of nitrogens with zero attached hydrogens (tertiary/aromatic N) is 3. The molecule has 1 fully saturated rings. The van der Waals surface area contributed by atoms with Crippen LogP contribution in [0.25, 0.3) is 11.4 Å². The molecule has 128 valence electrons. The third-order valence-electron chi connectivity index (χ3n) is 4.36. The summed E-state index contributed by atoms with van der Waals surface area (Å²) in [5.41, 5.74) is 1.28. The molecule has 0 bridgehead atoms. The minimum atomic E-state index is -0.224. The van der Waals surface area contributed by atoms with E-state index in [0.29, 0.717) is 29.6 Å². The van der Waals surface area contributed by atoms with Gasteiger partial charge in [0.05, 0.1) is 24.5 Å². The maximum atomic E-state index is 12.6. The molecule has 7 heteroatoms. The molecule has 0 aliphatic carbocycles. The summed E-state index contributed by atoms with van der Waals surface area (Å²) in [6, 6.07) is 8.92. The van der Waals surface area contributed by atoms with Crippen molar-refractivity contribution in [1.29, 1.82) is 0 Å². The van der Waals surface area contributed by atoms with E-state index >= 15 is 0 Å². The van der Waals surface area contributed by atoms with Crippen LogP contribution in [0.4, 0.5) is 0 Å². The van der Waals surface area contributed by atoms with Crippen LogP contribution in [0.3, 0.4) is 0 Å². The van der Waals surface area contributed by atoms with Gasteiger partial charge in [0.25, 0.3) is 5.91 Å². The van der Waals surface area contributed by atoms with Gasteiger partial charge in [0, 0.05) is 6.54 Å². The predicted molar refractivity (Wildman–Crippen MR) is 88.0 cm³/mol. The fourth-order valence-corrected chi connectivity index (χ4v) is 3.13. The molecule has 0 N–H and O–H groups in total. The Hall–Kier alpha value is -3.09. The van der Waals surface area contributed by atoms with Crippen LogP contribution in [0.2, 0.25) is 0 Å². The highest BCUT2D eigenvalue weighted by Gasteiger charge is 2.35. The molecule has 25 heavy (non-hydrogen) atoms. The molecule has 1 aliphatic heterocycles. The van der Waals surface area contributed by atoms with E-state index in [1.54, 1.807) is 18.1 Å². The highest BCUT2D eigenvalue weighted by molar-refractivity contribution is 5.94. The molecule has 1 amide bonds. The van der Waals surface area contributed by atoms with E-state index in [0.717, 1.165) is 18.4 Å². The van der Waals surface area contributed by atoms with Crippen molar-refractivity contribution in [3.63, 3.8) is 0 Å². The molecule has 1 atom stereocenters. The third kappa shape index (κ3) is 2.77. The number of amides is 1. The summed E-state index contributed by atoms with van der Waals surface area (Å²) in [4.78, 5) is 18.9.